The third-order valence-electron chi connectivity index (χ3n) is 5.91. The first-order chi connectivity index (χ1) is 13.6. The van der Waals surface area contributed by atoms with Gasteiger partial charge in [-0.05, 0) is 59.3 Å². The molecule has 158 valence electrons. The first-order valence-corrected chi connectivity index (χ1v) is 12.0. The summed E-state index contributed by atoms with van der Waals surface area (Å²) < 4.78 is 0. The molecular weight excluding hydrogens is 373 g/mol. The molecule has 2 nitrogen and oxygen atoms in total. The predicted octanol–water partition coefficient (Wildman–Crippen LogP) is 5.60. The smallest absolute Gasteiger partial charge is 0.127 e. The molecule has 0 bridgehead atoms. The first-order valence-electron chi connectivity index (χ1n) is 11.0. The van der Waals surface area contributed by atoms with Crippen molar-refractivity contribution in [3.63, 3.8) is 0 Å². The highest BCUT2D eigenvalue weighted by Crippen LogP contribution is 2.36. The molecule has 1 unspecified atom stereocenters. The average molecular weight is 412 g/mol. The van der Waals surface area contributed by atoms with Crippen molar-refractivity contribution in [2.24, 2.45) is 0 Å². The highest BCUT2D eigenvalue weighted by Gasteiger charge is 2.25. The zero-order chi connectivity index (χ0) is 21.2. The molecule has 0 aromatic heterocycles. The molecule has 0 spiro atoms. The fourth-order valence-corrected chi connectivity index (χ4v) is 5.29. The summed E-state index contributed by atoms with van der Waals surface area (Å²) in [6.07, 6.45) is 3.99. The van der Waals surface area contributed by atoms with E-state index in [1.165, 1.54) is 48.8 Å². The lowest BCUT2D eigenvalue weighted by Gasteiger charge is -2.28. The van der Waals surface area contributed by atoms with E-state index in [0.717, 1.165) is 17.4 Å². The second-order valence-corrected chi connectivity index (χ2v) is 11.9. The summed E-state index contributed by atoms with van der Waals surface area (Å²) in [5.41, 5.74) is 3.74. The van der Waals surface area contributed by atoms with Gasteiger partial charge in [0.05, 0.1) is 0 Å². The Hall–Kier alpha value is -1.37. The fraction of sp³-hybridized carbons (Fsp3) is 0.538. The molecule has 1 atom stereocenters. The monoisotopic (exact) mass is 411 g/mol. The highest BCUT2D eigenvalue weighted by molar-refractivity contribution is 7.55. The van der Waals surface area contributed by atoms with Crippen LogP contribution in [0.15, 0.2) is 36.4 Å². The molecule has 2 aromatic rings. The van der Waals surface area contributed by atoms with Crippen LogP contribution >= 0.6 is 8.58 Å². The molecule has 1 fully saturated rings. The van der Waals surface area contributed by atoms with Crippen molar-refractivity contribution in [2.45, 2.75) is 78.2 Å². The van der Waals surface area contributed by atoms with Crippen LogP contribution in [0.5, 0.6) is 5.75 Å². The number of nitrogens with zero attached hydrogens (tertiary/aromatic N) is 1. The lowest BCUT2D eigenvalue weighted by Crippen LogP contribution is -2.30. The number of benzene rings is 2. The predicted molar refractivity (Wildman–Crippen MR) is 129 cm³/mol. The van der Waals surface area contributed by atoms with Crippen LogP contribution in [-0.4, -0.2) is 23.1 Å². The van der Waals surface area contributed by atoms with Gasteiger partial charge in [0.25, 0.3) is 0 Å². The zero-order valence-electron chi connectivity index (χ0n) is 19.1. The van der Waals surface area contributed by atoms with E-state index in [1.54, 1.807) is 0 Å². The SMILES string of the molecule is CC(C)(C)c1cc(Pc2ccccc2CN2CCCCC2)c(O)c(C(C)(C)C)c1. The Labute approximate surface area is 179 Å². The molecule has 29 heavy (non-hydrogen) atoms. The fourth-order valence-electron chi connectivity index (χ4n) is 4.02. The van der Waals surface area contributed by atoms with Crippen molar-refractivity contribution in [1.82, 2.24) is 4.90 Å². The van der Waals surface area contributed by atoms with Crippen molar-refractivity contribution in [3.8, 4) is 5.75 Å². The van der Waals surface area contributed by atoms with Crippen molar-refractivity contribution in [2.75, 3.05) is 13.1 Å². The minimum Gasteiger partial charge on any atom is -0.507 e. The van der Waals surface area contributed by atoms with Crippen molar-refractivity contribution in [3.05, 3.63) is 53.1 Å². The van der Waals surface area contributed by atoms with Gasteiger partial charge in [-0.1, -0.05) is 86.9 Å². The summed E-state index contributed by atoms with van der Waals surface area (Å²) in [5.74, 6) is 0.483. The van der Waals surface area contributed by atoms with E-state index >= 15 is 0 Å². The third kappa shape index (κ3) is 5.62. The number of rotatable bonds is 4. The highest BCUT2D eigenvalue weighted by atomic mass is 31.1. The molecule has 3 heteroatoms. The average Bonchev–Trinajstić information content (AvgIpc) is 2.64. The Bertz CT molecular complexity index is 839. The number of phenolic OH excluding ortho intramolecular Hbond substituents is 1. The van der Waals surface area contributed by atoms with Crippen LogP contribution in [-0.2, 0) is 17.4 Å². The summed E-state index contributed by atoms with van der Waals surface area (Å²) in [6, 6.07) is 13.3. The molecule has 1 aliphatic rings. The van der Waals surface area contributed by atoms with Crippen LogP contribution in [0.2, 0.25) is 0 Å². The summed E-state index contributed by atoms with van der Waals surface area (Å²) in [7, 11) is 0.470. The van der Waals surface area contributed by atoms with E-state index in [-0.39, 0.29) is 10.8 Å². The van der Waals surface area contributed by atoms with Gasteiger partial charge in [-0.15, -0.1) is 0 Å². The van der Waals surface area contributed by atoms with Gasteiger partial charge in [0, 0.05) is 17.4 Å². The lowest BCUT2D eigenvalue weighted by atomic mass is 9.80. The molecule has 1 N–H and O–H groups in total. The second kappa shape index (κ2) is 8.78. The van der Waals surface area contributed by atoms with Crippen LogP contribution in [0.25, 0.3) is 0 Å². The summed E-state index contributed by atoms with van der Waals surface area (Å²) >= 11 is 0. The standard InChI is InChI=1S/C26H38NOP/c1-25(2,3)20-16-21(26(4,5)6)24(28)23(17-20)29-22-13-9-8-12-19(22)18-27-14-10-7-11-15-27/h8-9,12-13,16-17,28-29H,7,10-11,14-15,18H2,1-6H3. The van der Waals surface area contributed by atoms with Crippen LogP contribution < -0.4 is 10.6 Å². The molecule has 1 heterocycles. The zero-order valence-corrected chi connectivity index (χ0v) is 20.1. The largest absolute Gasteiger partial charge is 0.507 e. The van der Waals surface area contributed by atoms with Crippen molar-refractivity contribution in [1.29, 1.82) is 0 Å². The third-order valence-corrected chi connectivity index (χ3v) is 7.32. The van der Waals surface area contributed by atoms with Crippen molar-refractivity contribution < 1.29 is 5.11 Å². The van der Waals surface area contributed by atoms with E-state index in [2.05, 4.69) is 82.8 Å². The molecule has 0 saturated carbocycles. The van der Waals surface area contributed by atoms with Crippen LogP contribution in [0.3, 0.4) is 0 Å². The number of piperidine rings is 1. The van der Waals surface area contributed by atoms with Gasteiger partial charge in [-0.25, -0.2) is 0 Å². The number of phenols is 1. The Morgan fingerprint density at radius 2 is 1.52 bits per heavy atom. The summed E-state index contributed by atoms with van der Waals surface area (Å²) in [5, 5.41) is 13.6. The van der Waals surface area contributed by atoms with Gasteiger partial charge in [-0.3, -0.25) is 4.90 Å². The first kappa shape index (κ1) is 22.3. The molecule has 3 rings (SSSR count). The normalized spacial score (nSPS) is 16.6. The van der Waals surface area contributed by atoms with E-state index in [0.29, 0.717) is 14.3 Å². The molecule has 0 aliphatic carbocycles. The van der Waals surface area contributed by atoms with Crippen LogP contribution in [0.4, 0.5) is 0 Å². The van der Waals surface area contributed by atoms with Crippen LogP contribution in [0, 0.1) is 0 Å². The van der Waals surface area contributed by atoms with Gasteiger partial charge in [0.2, 0.25) is 0 Å². The Morgan fingerprint density at radius 1 is 0.862 bits per heavy atom. The Balaban J connectivity index is 1.97. The van der Waals surface area contributed by atoms with E-state index in [4.69, 9.17) is 0 Å². The topological polar surface area (TPSA) is 23.5 Å². The van der Waals surface area contributed by atoms with Crippen LogP contribution in [0.1, 0.15) is 77.5 Å². The van der Waals surface area contributed by atoms with Crippen molar-refractivity contribution >= 4 is 19.2 Å². The molecule has 0 amide bonds. The Morgan fingerprint density at radius 3 is 2.14 bits per heavy atom. The molecule has 1 saturated heterocycles. The van der Waals surface area contributed by atoms with Gasteiger partial charge in [-0.2, -0.15) is 0 Å². The molecule has 1 aliphatic heterocycles. The maximum absolute atomic E-state index is 11.2. The molecule has 0 radical (unpaired) electrons. The summed E-state index contributed by atoms with van der Waals surface area (Å²) in [4.78, 5) is 2.58. The minimum absolute atomic E-state index is 0.0558. The van der Waals surface area contributed by atoms with Gasteiger partial charge in [0.15, 0.2) is 0 Å². The van der Waals surface area contributed by atoms with Gasteiger partial charge in [0.1, 0.15) is 5.75 Å². The van der Waals surface area contributed by atoms with Gasteiger partial charge < -0.3 is 5.11 Å². The molecular formula is C26H38NOP. The maximum Gasteiger partial charge on any atom is 0.127 e. The number of aromatic hydroxyl groups is 1. The minimum atomic E-state index is -0.0854. The van der Waals surface area contributed by atoms with E-state index in [9.17, 15) is 5.11 Å². The lowest BCUT2D eigenvalue weighted by molar-refractivity contribution is 0.221. The number of hydrogen-bond donors (Lipinski definition) is 1. The van der Waals surface area contributed by atoms with Gasteiger partial charge >= 0.3 is 0 Å². The van der Waals surface area contributed by atoms with E-state index < -0.39 is 0 Å². The quantitative estimate of drug-likeness (QED) is 0.662. The number of likely N-dealkylation sites (tertiary alicyclic amines) is 1. The molecule has 2 aromatic carbocycles. The Kier molecular flexibility index (Phi) is 6.76. The van der Waals surface area contributed by atoms with E-state index in [1.807, 2.05) is 0 Å². The second-order valence-electron chi connectivity index (χ2n) is 10.5. The number of hydrogen-bond acceptors (Lipinski definition) is 2. The summed E-state index contributed by atoms with van der Waals surface area (Å²) in [6.45, 7) is 16.7. The maximum atomic E-state index is 11.2.